The number of thiocarbonyl (C=S) groups is 1. The van der Waals surface area contributed by atoms with E-state index in [-0.39, 0.29) is 0 Å². The second-order valence-corrected chi connectivity index (χ2v) is 6.70. The lowest BCUT2D eigenvalue weighted by atomic mass is 9.98. The molecule has 1 aliphatic heterocycles. The second kappa shape index (κ2) is 6.54. The Morgan fingerprint density at radius 3 is 2.90 bits per heavy atom. The van der Waals surface area contributed by atoms with Crippen LogP contribution in [-0.2, 0) is 0 Å². The van der Waals surface area contributed by atoms with Crippen molar-refractivity contribution in [1.82, 2.24) is 15.2 Å². The lowest BCUT2D eigenvalue weighted by molar-refractivity contribution is 0.310. The summed E-state index contributed by atoms with van der Waals surface area (Å²) in [6, 6.07) is 8.38. The molecule has 5 heteroatoms. The number of hydrogen-bond acceptors (Lipinski definition) is 3. The summed E-state index contributed by atoms with van der Waals surface area (Å²) in [5.41, 5.74) is 1.13. The van der Waals surface area contributed by atoms with E-state index in [0.29, 0.717) is 5.92 Å². The lowest BCUT2D eigenvalue weighted by Crippen LogP contribution is -2.43. The Labute approximate surface area is 134 Å². The fourth-order valence-corrected chi connectivity index (χ4v) is 4.07. The van der Waals surface area contributed by atoms with Gasteiger partial charge in [-0.1, -0.05) is 18.2 Å². The van der Waals surface area contributed by atoms with Crippen molar-refractivity contribution in [3.8, 4) is 0 Å². The van der Waals surface area contributed by atoms with Gasteiger partial charge in [-0.15, -0.1) is 17.9 Å². The van der Waals surface area contributed by atoms with E-state index in [0.717, 1.165) is 43.1 Å². The number of nitrogens with zero attached hydrogens (tertiary/aromatic N) is 2. The molecule has 0 aliphatic carbocycles. The largest absolute Gasteiger partial charge is 0.359 e. The first-order valence-corrected chi connectivity index (χ1v) is 8.49. The predicted molar refractivity (Wildman–Crippen MR) is 94.0 cm³/mol. The number of fused-ring (bicyclic) bond motifs is 1. The molecule has 3 rings (SSSR count). The van der Waals surface area contributed by atoms with E-state index >= 15 is 0 Å². The average Bonchev–Trinajstić information content (AvgIpc) is 2.96. The zero-order chi connectivity index (χ0) is 14.7. The molecule has 0 amide bonds. The Bertz CT molecular complexity index is 609. The van der Waals surface area contributed by atoms with Crippen LogP contribution >= 0.6 is 23.6 Å². The number of nitrogens with one attached hydrogen (secondary N) is 1. The molecule has 1 N–H and O–H groups in total. The molecule has 0 radical (unpaired) electrons. The molecule has 21 heavy (non-hydrogen) atoms. The molecule has 0 saturated carbocycles. The van der Waals surface area contributed by atoms with Gasteiger partial charge in [0, 0.05) is 25.6 Å². The van der Waals surface area contributed by atoms with Gasteiger partial charge >= 0.3 is 0 Å². The summed E-state index contributed by atoms with van der Waals surface area (Å²) in [5, 5.41) is 5.33. The SMILES string of the molecule is C=CCNC(=S)N1CCC(c2nc3ccccc3s2)CC1. The molecule has 110 valence electrons. The minimum Gasteiger partial charge on any atom is -0.359 e. The van der Waals surface area contributed by atoms with Crippen LogP contribution < -0.4 is 5.32 Å². The van der Waals surface area contributed by atoms with E-state index in [1.807, 2.05) is 17.4 Å². The van der Waals surface area contributed by atoms with Crippen LogP contribution in [0, 0.1) is 0 Å². The molecule has 2 aromatic rings. The summed E-state index contributed by atoms with van der Waals surface area (Å²) >= 11 is 7.24. The summed E-state index contributed by atoms with van der Waals surface area (Å²) in [6.07, 6.45) is 4.08. The standard InChI is InChI=1S/C16H19N3S2/c1-2-9-17-16(20)19-10-7-12(8-11-19)15-18-13-5-3-4-6-14(13)21-15/h2-6,12H,1,7-11H2,(H,17,20). The molecule has 1 aromatic heterocycles. The monoisotopic (exact) mass is 317 g/mol. The molecular formula is C16H19N3S2. The van der Waals surface area contributed by atoms with Crippen molar-refractivity contribution in [2.75, 3.05) is 19.6 Å². The van der Waals surface area contributed by atoms with Gasteiger partial charge in [-0.2, -0.15) is 0 Å². The van der Waals surface area contributed by atoms with Crippen molar-refractivity contribution >= 4 is 38.9 Å². The minimum absolute atomic E-state index is 0.570. The van der Waals surface area contributed by atoms with Crippen molar-refractivity contribution in [2.45, 2.75) is 18.8 Å². The van der Waals surface area contributed by atoms with Crippen molar-refractivity contribution in [3.63, 3.8) is 0 Å². The quantitative estimate of drug-likeness (QED) is 0.692. The number of thiazole rings is 1. The molecule has 0 unspecified atom stereocenters. The van der Waals surface area contributed by atoms with Gasteiger partial charge in [-0.3, -0.25) is 0 Å². The minimum atomic E-state index is 0.570. The Balaban J connectivity index is 1.62. The number of benzene rings is 1. The molecule has 0 bridgehead atoms. The van der Waals surface area contributed by atoms with Gasteiger partial charge in [0.2, 0.25) is 0 Å². The summed E-state index contributed by atoms with van der Waals surface area (Å²) in [7, 11) is 0. The van der Waals surface area contributed by atoms with E-state index < -0.39 is 0 Å². The summed E-state index contributed by atoms with van der Waals surface area (Å²) in [4.78, 5) is 7.05. The highest BCUT2D eigenvalue weighted by molar-refractivity contribution is 7.80. The third kappa shape index (κ3) is 3.24. The van der Waals surface area contributed by atoms with E-state index in [1.165, 1.54) is 9.71 Å². The molecule has 3 nitrogen and oxygen atoms in total. The van der Waals surface area contributed by atoms with Crippen LogP contribution in [-0.4, -0.2) is 34.6 Å². The zero-order valence-corrected chi connectivity index (χ0v) is 13.6. The van der Waals surface area contributed by atoms with Crippen LogP contribution in [0.15, 0.2) is 36.9 Å². The maximum absolute atomic E-state index is 5.40. The number of likely N-dealkylation sites (tertiary alicyclic amines) is 1. The highest BCUT2D eigenvalue weighted by atomic mass is 32.1. The predicted octanol–water partition coefficient (Wildman–Crippen LogP) is 3.54. The van der Waals surface area contributed by atoms with E-state index in [1.54, 1.807) is 0 Å². The second-order valence-electron chi connectivity index (χ2n) is 5.26. The van der Waals surface area contributed by atoms with Gasteiger partial charge in [0.25, 0.3) is 0 Å². The molecule has 2 heterocycles. The fraction of sp³-hybridized carbons (Fsp3) is 0.375. The molecule has 1 fully saturated rings. The van der Waals surface area contributed by atoms with E-state index in [9.17, 15) is 0 Å². The third-order valence-corrected chi connectivity index (χ3v) is 5.44. The van der Waals surface area contributed by atoms with E-state index in [4.69, 9.17) is 17.2 Å². The Morgan fingerprint density at radius 2 is 2.19 bits per heavy atom. The smallest absolute Gasteiger partial charge is 0.169 e. The van der Waals surface area contributed by atoms with Crippen LogP contribution in [0.5, 0.6) is 0 Å². The molecule has 1 aromatic carbocycles. The van der Waals surface area contributed by atoms with Gasteiger partial charge in [-0.25, -0.2) is 4.98 Å². The van der Waals surface area contributed by atoms with Crippen LogP contribution in [0.3, 0.4) is 0 Å². The van der Waals surface area contributed by atoms with Gasteiger partial charge < -0.3 is 10.2 Å². The molecule has 0 spiro atoms. The number of aromatic nitrogens is 1. The first-order chi connectivity index (χ1) is 10.3. The van der Waals surface area contributed by atoms with Gasteiger partial charge in [0.15, 0.2) is 5.11 Å². The Morgan fingerprint density at radius 1 is 1.43 bits per heavy atom. The first kappa shape index (κ1) is 14.5. The van der Waals surface area contributed by atoms with Gasteiger partial charge in [-0.05, 0) is 37.2 Å². The summed E-state index contributed by atoms with van der Waals surface area (Å²) in [6.45, 7) is 6.44. The van der Waals surface area contributed by atoms with Crippen LogP contribution in [0.2, 0.25) is 0 Å². The van der Waals surface area contributed by atoms with Gasteiger partial charge in [0.1, 0.15) is 0 Å². The van der Waals surface area contributed by atoms with Crippen LogP contribution in [0.1, 0.15) is 23.8 Å². The molecular weight excluding hydrogens is 298 g/mol. The molecule has 0 atom stereocenters. The van der Waals surface area contributed by atoms with Crippen molar-refractivity contribution in [3.05, 3.63) is 41.9 Å². The maximum atomic E-state index is 5.40. The van der Waals surface area contributed by atoms with Crippen molar-refractivity contribution < 1.29 is 0 Å². The Hall–Kier alpha value is -1.46. The number of hydrogen-bond donors (Lipinski definition) is 1. The number of piperidine rings is 1. The van der Waals surface area contributed by atoms with Gasteiger partial charge in [0.05, 0.1) is 15.2 Å². The highest BCUT2D eigenvalue weighted by Gasteiger charge is 2.24. The van der Waals surface area contributed by atoms with Crippen LogP contribution in [0.4, 0.5) is 0 Å². The zero-order valence-electron chi connectivity index (χ0n) is 11.9. The van der Waals surface area contributed by atoms with E-state index in [2.05, 4.69) is 41.1 Å². The Kier molecular flexibility index (Phi) is 4.51. The number of para-hydroxylation sites is 1. The summed E-state index contributed by atoms with van der Waals surface area (Å²) < 4.78 is 1.29. The fourth-order valence-electron chi connectivity index (χ4n) is 2.67. The lowest BCUT2D eigenvalue weighted by Gasteiger charge is -2.33. The average molecular weight is 317 g/mol. The highest BCUT2D eigenvalue weighted by Crippen LogP contribution is 2.33. The first-order valence-electron chi connectivity index (χ1n) is 7.27. The molecule has 1 saturated heterocycles. The van der Waals surface area contributed by atoms with Crippen molar-refractivity contribution in [1.29, 1.82) is 0 Å². The third-order valence-electron chi connectivity index (χ3n) is 3.84. The number of rotatable bonds is 3. The van der Waals surface area contributed by atoms with Crippen molar-refractivity contribution in [2.24, 2.45) is 0 Å². The summed E-state index contributed by atoms with van der Waals surface area (Å²) in [5.74, 6) is 0.570. The molecule has 1 aliphatic rings. The van der Waals surface area contributed by atoms with Crippen LogP contribution in [0.25, 0.3) is 10.2 Å². The normalized spacial score (nSPS) is 16.1. The topological polar surface area (TPSA) is 28.2 Å². The maximum Gasteiger partial charge on any atom is 0.169 e.